The van der Waals surface area contributed by atoms with Crippen LogP contribution >= 0.6 is 11.3 Å². The number of rotatable bonds is 6. The highest BCUT2D eigenvalue weighted by Crippen LogP contribution is 2.29. The van der Waals surface area contributed by atoms with Crippen molar-refractivity contribution in [2.45, 2.75) is 37.8 Å². The molecule has 3 heterocycles. The number of nitrogens with zero attached hydrogens (tertiary/aromatic N) is 5. The summed E-state index contributed by atoms with van der Waals surface area (Å²) in [5, 5.41) is 9.75. The number of nitrogens with one attached hydrogen (secondary N) is 1. The smallest absolute Gasteiger partial charge is 0.273 e. The fourth-order valence-electron chi connectivity index (χ4n) is 2.44. The number of sulfonamides is 1. The van der Waals surface area contributed by atoms with E-state index in [1.54, 1.807) is 11.1 Å². The van der Waals surface area contributed by atoms with Crippen molar-refractivity contribution < 1.29 is 12.9 Å². The van der Waals surface area contributed by atoms with Crippen LogP contribution in [-0.4, -0.2) is 48.8 Å². The Labute approximate surface area is 162 Å². The van der Waals surface area contributed by atoms with E-state index < -0.39 is 10.0 Å². The first kappa shape index (κ1) is 19.5. The van der Waals surface area contributed by atoms with Crippen molar-refractivity contribution in [1.29, 1.82) is 0 Å². The molecule has 0 spiro atoms. The fraction of sp³-hybridized carbons (Fsp3) is 0.500. The normalized spacial score (nSPS) is 17.7. The minimum Gasteiger partial charge on any atom is -0.339 e. The van der Waals surface area contributed by atoms with Crippen molar-refractivity contribution in [3.8, 4) is 10.7 Å². The molecule has 0 saturated heterocycles. The third-order valence-electron chi connectivity index (χ3n) is 3.96. The maximum absolute atomic E-state index is 12.8. The van der Waals surface area contributed by atoms with E-state index in [1.807, 2.05) is 20.1 Å². The van der Waals surface area contributed by atoms with Crippen LogP contribution in [0.3, 0.4) is 0 Å². The standard InChI is InChI=1S/C16H22N6O3S2/c1-4-11-9-18-22(10-11)16(17-6-3)21-27(23,24)14-8-7-12(26-14)15-19-13(5-2)25-20-15/h7-9,11H,4-6,10H2,1-3H3,(H,17,21). The molecule has 146 valence electrons. The summed E-state index contributed by atoms with van der Waals surface area (Å²) in [5.41, 5.74) is 0. The molecule has 11 heteroatoms. The summed E-state index contributed by atoms with van der Waals surface area (Å²) in [6.07, 6.45) is 3.38. The predicted octanol–water partition coefficient (Wildman–Crippen LogP) is 2.34. The van der Waals surface area contributed by atoms with E-state index in [0.717, 1.165) is 17.8 Å². The van der Waals surface area contributed by atoms with E-state index in [2.05, 4.69) is 31.9 Å². The van der Waals surface area contributed by atoms with Crippen molar-refractivity contribution in [2.75, 3.05) is 13.1 Å². The third kappa shape index (κ3) is 4.35. The van der Waals surface area contributed by atoms with Gasteiger partial charge in [0.2, 0.25) is 17.7 Å². The average molecular weight is 411 g/mol. The van der Waals surface area contributed by atoms with Gasteiger partial charge in [-0.25, -0.2) is 18.1 Å². The summed E-state index contributed by atoms with van der Waals surface area (Å²) >= 11 is 1.08. The zero-order chi connectivity index (χ0) is 19.4. The molecule has 3 rings (SSSR count). The van der Waals surface area contributed by atoms with Crippen LogP contribution in [-0.2, 0) is 16.4 Å². The Morgan fingerprint density at radius 1 is 1.41 bits per heavy atom. The minimum absolute atomic E-state index is 0.152. The van der Waals surface area contributed by atoms with E-state index >= 15 is 0 Å². The van der Waals surface area contributed by atoms with Gasteiger partial charge in [0.15, 0.2) is 0 Å². The van der Waals surface area contributed by atoms with Crippen molar-refractivity contribution in [1.82, 2.24) is 19.9 Å². The van der Waals surface area contributed by atoms with Crippen LogP contribution in [0.5, 0.6) is 0 Å². The molecular weight excluding hydrogens is 388 g/mol. The third-order valence-corrected chi connectivity index (χ3v) is 6.87. The molecule has 1 atom stereocenters. The summed E-state index contributed by atoms with van der Waals surface area (Å²) < 4.78 is 33.4. The van der Waals surface area contributed by atoms with Gasteiger partial charge >= 0.3 is 0 Å². The molecule has 1 unspecified atom stereocenters. The molecule has 27 heavy (non-hydrogen) atoms. The second-order valence-electron chi connectivity index (χ2n) is 5.90. The first-order chi connectivity index (χ1) is 13.0. The number of thiophene rings is 1. The predicted molar refractivity (Wildman–Crippen MR) is 104 cm³/mol. The van der Waals surface area contributed by atoms with Gasteiger partial charge in [0.25, 0.3) is 10.0 Å². The average Bonchev–Trinajstić information content (AvgIpc) is 3.40. The van der Waals surface area contributed by atoms with Gasteiger partial charge in [-0.3, -0.25) is 4.99 Å². The van der Waals surface area contributed by atoms with Crippen LogP contribution in [0.25, 0.3) is 10.7 Å². The summed E-state index contributed by atoms with van der Waals surface area (Å²) in [7, 11) is -3.79. The number of aliphatic imine (C=N–C) groups is 1. The summed E-state index contributed by atoms with van der Waals surface area (Å²) in [6, 6.07) is 3.19. The molecule has 0 aliphatic carbocycles. The monoisotopic (exact) mass is 410 g/mol. The molecule has 9 nitrogen and oxygen atoms in total. The molecule has 0 radical (unpaired) electrons. The lowest BCUT2D eigenvalue weighted by atomic mass is 10.1. The number of hydrogen-bond acceptors (Lipinski definition) is 8. The Kier molecular flexibility index (Phi) is 5.90. The van der Waals surface area contributed by atoms with Gasteiger partial charge in [0, 0.05) is 25.1 Å². The number of guanidine groups is 1. The number of aryl methyl sites for hydroxylation is 1. The van der Waals surface area contributed by atoms with Gasteiger partial charge in [-0.15, -0.1) is 11.3 Å². The van der Waals surface area contributed by atoms with Gasteiger partial charge < -0.3 is 4.52 Å². The SMILES string of the molecule is CCN=C(NS(=O)(=O)c1ccc(-c2noc(CC)n2)s1)N1CC(CC)C=N1. The topological polar surface area (TPSA) is 113 Å². The van der Waals surface area contributed by atoms with E-state index in [4.69, 9.17) is 4.52 Å². The lowest BCUT2D eigenvalue weighted by Gasteiger charge is -2.18. The van der Waals surface area contributed by atoms with Gasteiger partial charge in [-0.1, -0.05) is 19.0 Å². The molecule has 1 N–H and O–H groups in total. The Morgan fingerprint density at radius 2 is 2.22 bits per heavy atom. The van der Waals surface area contributed by atoms with Gasteiger partial charge in [-0.05, 0) is 25.5 Å². The lowest BCUT2D eigenvalue weighted by Crippen LogP contribution is -2.41. The van der Waals surface area contributed by atoms with Crippen molar-refractivity contribution in [3.63, 3.8) is 0 Å². The Hall–Kier alpha value is -2.27. The number of hydrazone groups is 1. The van der Waals surface area contributed by atoms with Crippen molar-refractivity contribution in [3.05, 3.63) is 18.0 Å². The molecule has 0 amide bonds. The zero-order valence-electron chi connectivity index (χ0n) is 15.4. The molecule has 2 aromatic rings. The van der Waals surface area contributed by atoms with Crippen LogP contribution in [0.1, 0.15) is 33.1 Å². The maximum atomic E-state index is 12.8. The summed E-state index contributed by atoms with van der Waals surface area (Å²) in [5.74, 6) is 1.41. The first-order valence-electron chi connectivity index (χ1n) is 8.78. The highest BCUT2D eigenvalue weighted by molar-refractivity contribution is 7.92. The minimum atomic E-state index is -3.79. The highest BCUT2D eigenvalue weighted by atomic mass is 32.2. The van der Waals surface area contributed by atoms with E-state index in [9.17, 15) is 8.42 Å². The van der Waals surface area contributed by atoms with E-state index in [0.29, 0.717) is 36.1 Å². The molecule has 0 saturated carbocycles. The first-order valence-corrected chi connectivity index (χ1v) is 11.1. The molecule has 0 bridgehead atoms. The Morgan fingerprint density at radius 3 is 2.85 bits per heavy atom. The zero-order valence-corrected chi connectivity index (χ0v) is 17.0. The molecule has 0 aromatic carbocycles. The van der Waals surface area contributed by atoms with Crippen LogP contribution in [0, 0.1) is 5.92 Å². The molecule has 2 aromatic heterocycles. The van der Waals surface area contributed by atoms with E-state index in [1.165, 1.54) is 6.07 Å². The Balaban J connectivity index is 1.79. The highest BCUT2D eigenvalue weighted by Gasteiger charge is 2.26. The quantitative estimate of drug-likeness (QED) is 0.578. The van der Waals surface area contributed by atoms with E-state index in [-0.39, 0.29) is 16.1 Å². The molecule has 1 aliphatic heterocycles. The summed E-state index contributed by atoms with van der Waals surface area (Å²) in [6.45, 7) is 6.87. The van der Waals surface area contributed by atoms with Crippen LogP contribution in [0.15, 0.2) is 31.0 Å². The van der Waals surface area contributed by atoms with Gasteiger partial charge in [0.05, 0.1) is 11.4 Å². The lowest BCUT2D eigenvalue weighted by molar-refractivity contribution is 0.383. The van der Waals surface area contributed by atoms with Crippen LogP contribution in [0.2, 0.25) is 0 Å². The molecule has 0 fully saturated rings. The fourth-order valence-corrected chi connectivity index (χ4v) is 4.69. The van der Waals surface area contributed by atoms with Crippen molar-refractivity contribution >= 4 is 33.5 Å². The molecular formula is C16H22N6O3S2. The van der Waals surface area contributed by atoms with Crippen molar-refractivity contribution in [2.24, 2.45) is 16.0 Å². The second kappa shape index (κ2) is 8.17. The molecule has 1 aliphatic rings. The van der Waals surface area contributed by atoms with Gasteiger partial charge in [0.1, 0.15) is 4.21 Å². The number of hydrogen-bond donors (Lipinski definition) is 1. The van der Waals surface area contributed by atoms with Crippen LogP contribution in [0.4, 0.5) is 0 Å². The summed E-state index contributed by atoms with van der Waals surface area (Å²) in [4.78, 5) is 9.12. The number of aromatic nitrogens is 2. The van der Waals surface area contributed by atoms with Gasteiger partial charge in [-0.2, -0.15) is 10.1 Å². The second-order valence-corrected chi connectivity index (χ2v) is 8.90. The largest absolute Gasteiger partial charge is 0.339 e. The maximum Gasteiger partial charge on any atom is 0.273 e. The van der Waals surface area contributed by atoms with Crippen LogP contribution < -0.4 is 4.72 Å². The Bertz CT molecular complexity index is 947.